The summed E-state index contributed by atoms with van der Waals surface area (Å²) in [5.74, 6) is 0. The van der Waals surface area contributed by atoms with Gasteiger partial charge in [0.25, 0.3) is 0 Å². The van der Waals surface area contributed by atoms with Gasteiger partial charge in [-0.1, -0.05) is 41.5 Å². The van der Waals surface area contributed by atoms with Gasteiger partial charge in [-0.2, -0.15) is 5.10 Å². The molecule has 19 heavy (non-hydrogen) atoms. The Morgan fingerprint density at radius 1 is 1.05 bits per heavy atom. The second-order valence-electron chi connectivity index (χ2n) is 7.71. The molecule has 2 rings (SSSR count). The molecule has 0 bridgehead atoms. The zero-order chi connectivity index (χ0) is 14.3. The molecule has 0 spiro atoms. The standard InChI is InChI=1S/C16H28N2O/c1-15(2,3)13-11-18(12-7-9-19-10-8-12)17-14(13)16(4,5)6/h11-12H,7-10H2,1-6H3. The molecule has 0 aliphatic carbocycles. The van der Waals surface area contributed by atoms with E-state index in [1.807, 2.05) is 0 Å². The number of aromatic nitrogens is 2. The smallest absolute Gasteiger partial charge is 0.0715 e. The molecule has 1 fully saturated rings. The van der Waals surface area contributed by atoms with Crippen molar-refractivity contribution in [2.24, 2.45) is 0 Å². The second-order valence-corrected chi connectivity index (χ2v) is 7.71. The minimum absolute atomic E-state index is 0.0963. The van der Waals surface area contributed by atoms with Crippen LogP contribution in [0.1, 0.15) is 71.7 Å². The molecular formula is C16H28N2O. The molecule has 1 aliphatic heterocycles. The average Bonchev–Trinajstić information content (AvgIpc) is 2.74. The number of hydrogen-bond acceptors (Lipinski definition) is 2. The van der Waals surface area contributed by atoms with Crippen molar-refractivity contribution in [2.45, 2.75) is 71.3 Å². The van der Waals surface area contributed by atoms with Gasteiger partial charge in [-0.05, 0) is 23.8 Å². The first-order chi connectivity index (χ1) is 8.69. The van der Waals surface area contributed by atoms with Crippen molar-refractivity contribution in [3.05, 3.63) is 17.5 Å². The fourth-order valence-electron chi connectivity index (χ4n) is 2.63. The van der Waals surface area contributed by atoms with E-state index in [0.29, 0.717) is 6.04 Å². The molecule has 3 heteroatoms. The number of rotatable bonds is 1. The van der Waals surface area contributed by atoms with Crippen molar-refractivity contribution >= 4 is 0 Å². The lowest BCUT2D eigenvalue weighted by molar-refractivity contribution is 0.0660. The molecule has 1 saturated heterocycles. The van der Waals surface area contributed by atoms with E-state index >= 15 is 0 Å². The van der Waals surface area contributed by atoms with Crippen LogP contribution in [0.5, 0.6) is 0 Å². The molecular weight excluding hydrogens is 236 g/mol. The predicted molar refractivity (Wildman–Crippen MR) is 78.7 cm³/mol. The van der Waals surface area contributed by atoms with Gasteiger partial charge in [0.1, 0.15) is 0 Å². The summed E-state index contributed by atoms with van der Waals surface area (Å²) in [6.07, 6.45) is 4.43. The molecule has 0 saturated carbocycles. The fourth-order valence-corrected chi connectivity index (χ4v) is 2.63. The van der Waals surface area contributed by atoms with Crippen molar-refractivity contribution in [2.75, 3.05) is 13.2 Å². The van der Waals surface area contributed by atoms with Crippen LogP contribution >= 0.6 is 0 Å². The van der Waals surface area contributed by atoms with Gasteiger partial charge in [0, 0.05) is 24.8 Å². The summed E-state index contributed by atoms with van der Waals surface area (Å²) in [6, 6.07) is 0.506. The van der Waals surface area contributed by atoms with Gasteiger partial charge in [0.05, 0.1) is 11.7 Å². The largest absolute Gasteiger partial charge is 0.381 e. The fraction of sp³-hybridized carbons (Fsp3) is 0.812. The van der Waals surface area contributed by atoms with Gasteiger partial charge in [-0.15, -0.1) is 0 Å². The van der Waals surface area contributed by atoms with Gasteiger partial charge in [-0.3, -0.25) is 4.68 Å². The third-order valence-corrected chi connectivity index (χ3v) is 3.82. The number of nitrogens with zero attached hydrogens (tertiary/aromatic N) is 2. The van der Waals surface area contributed by atoms with E-state index in [1.165, 1.54) is 11.3 Å². The summed E-state index contributed by atoms with van der Waals surface area (Å²) in [5, 5.41) is 4.93. The summed E-state index contributed by atoms with van der Waals surface area (Å²) in [4.78, 5) is 0. The molecule has 0 N–H and O–H groups in total. The van der Waals surface area contributed by atoms with Gasteiger partial charge >= 0.3 is 0 Å². The van der Waals surface area contributed by atoms with Crippen molar-refractivity contribution in [3.8, 4) is 0 Å². The molecule has 0 radical (unpaired) electrons. The van der Waals surface area contributed by atoms with Crippen LogP contribution in [0.25, 0.3) is 0 Å². The zero-order valence-corrected chi connectivity index (χ0v) is 13.3. The highest BCUT2D eigenvalue weighted by Crippen LogP contribution is 2.34. The Labute approximate surface area is 117 Å². The van der Waals surface area contributed by atoms with E-state index < -0.39 is 0 Å². The molecule has 2 heterocycles. The highest BCUT2D eigenvalue weighted by molar-refractivity contribution is 5.30. The molecule has 1 aromatic heterocycles. The molecule has 0 aromatic carbocycles. The molecule has 3 nitrogen and oxygen atoms in total. The minimum Gasteiger partial charge on any atom is -0.381 e. The Kier molecular flexibility index (Phi) is 3.78. The first kappa shape index (κ1) is 14.6. The first-order valence-corrected chi connectivity index (χ1v) is 7.37. The first-order valence-electron chi connectivity index (χ1n) is 7.37. The lowest BCUT2D eigenvalue weighted by Gasteiger charge is -2.24. The highest BCUT2D eigenvalue weighted by Gasteiger charge is 2.30. The summed E-state index contributed by atoms with van der Waals surface area (Å²) in [6.45, 7) is 15.3. The number of ether oxygens (including phenoxy) is 1. The average molecular weight is 264 g/mol. The van der Waals surface area contributed by atoms with E-state index in [2.05, 4.69) is 52.4 Å². The molecule has 0 unspecified atom stereocenters. The van der Waals surface area contributed by atoms with E-state index in [-0.39, 0.29) is 10.8 Å². The van der Waals surface area contributed by atoms with Crippen molar-refractivity contribution in [1.29, 1.82) is 0 Å². The maximum atomic E-state index is 5.45. The minimum atomic E-state index is 0.0963. The van der Waals surface area contributed by atoms with Crippen LogP contribution in [0.4, 0.5) is 0 Å². The number of hydrogen-bond donors (Lipinski definition) is 0. The Morgan fingerprint density at radius 2 is 1.63 bits per heavy atom. The summed E-state index contributed by atoms with van der Waals surface area (Å²) >= 11 is 0. The third-order valence-electron chi connectivity index (χ3n) is 3.82. The summed E-state index contributed by atoms with van der Waals surface area (Å²) in [7, 11) is 0. The van der Waals surface area contributed by atoms with Gasteiger partial charge in [0.15, 0.2) is 0 Å². The third kappa shape index (κ3) is 3.19. The topological polar surface area (TPSA) is 27.1 Å². The maximum absolute atomic E-state index is 5.45. The maximum Gasteiger partial charge on any atom is 0.0715 e. The normalized spacial score (nSPS) is 18.8. The lowest BCUT2D eigenvalue weighted by atomic mass is 9.80. The SMILES string of the molecule is CC(C)(C)c1cn(C2CCOCC2)nc1C(C)(C)C. The van der Waals surface area contributed by atoms with Gasteiger partial charge in [0.2, 0.25) is 0 Å². The Bertz CT molecular complexity index is 397. The summed E-state index contributed by atoms with van der Waals surface area (Å²) < 4.78 is 7.65. The Morgan fingerprint density at radius 3 is 2.05 bits per heavy atom. The van der Waals surface area contributed by atoms with Crippen molar-refractivity contribution in [1.82, 2.24) is 9.78 Å². The quantitative estimate of drug-likeness (QED) is 0.771. The van der Waals surface area contributed by atoms with Crippen molar-refractivity contribution in [3.63, 3.8) is 0 Å². The molecule has 1 aromatic rings. The molecule has 0 atom stereocenters. The zero-order valence-electron chi connectivity index (χ0n) is 13.3. The summed E-state index contributed by atoms with van der Waals surface area (Å²) in [5.41, 5.74) is 2.86. The van der Waals surface area contributed by atoms with E-state index in [4.69, 9.17) is 9.84 Å². The van der Waals surface area contributed by atoms with Gasteiger partial charge in [-0.25, -0.2) is 0 Å². The van der Waals surface area contributed by atoms with Crippen molar-refractivity contribution < 1.29 is 4.74 Å². The molecule has 0 amide bonds. The van der Waals surface area contributed by atoms with Crippen LogP contribution in [0.2, 0.25) is 0 Å². The Balaban J connectivity index is 2.39. The molecule has 108 valence electrons. The van der Waals surface area contributed by atoms with Crippen LogP contribution in [-0.2, 0) is 15.6 Å². The highest BCUT2D eigenvalue weighted by atomic mass is 16.5. The van der Waals surface area contributed by atoms with Crippen LogP contribution in [0.15, 0.2) is 6.20 Å². The molecule has 1 aliphatic rings. The van der Waals surface area contributed by atoms with Crippen LogP contribution in [-0.4, -0.2) is 23.0 Å². The second kappa shape index (κ2) is 4.93. The van der Waals surface area contributed by atoms with Crippen LogP contribution in [0, 0.1) is 0 Å². The Hall–Kier alpha value is -0.830. The van der Waals surface area contributed by atoms with E-state index in [1.54, 1.807) is 0 Å². The van der Waals surface area contributed by atoms with E-state index in [0.717, 1.165) is 26.1 Å². The van der Waals surface area contributed by atoms with Crippen LogP contribution < -0.4 is 0 Å². The van der Waals surface area contributed by atoms with E-state index in [9.17, 15) is 0 Å². The van der Waals surface area contributed by atoms with Gasteiger partial charge < -0.3 is 4.74 Å². The predicted octanol–water partition coefficient (Wildman–Crippen LogP) is 3.83. The van der Waals surface area contributed by atoms with Crippen LogP contribution in [0.3, 0.4) is 0 Å². The lowest BCUT2D eigenvalue weighted by Crippen LogP contribution is -2.22. The monoisotopic (exact) mass is 264 g/mol.